The van der Waals surface area contributed by atoms with Gasteiger partial charge in [-0.05, 0) is 30.5 Å². The molecule has 0 bridgehead atoms. The molecule has 6 nitrogen and oxygen atoms in total. The van der Waals surface area contributed by atoms with Gasteiger partial charge >= 0.3 is 5.97 Å². The summed E-state index contributed by atoms with van der Waals surface area (Å²) in [5, 5.41) is 9.89. The lowest BCUT2D eigenvalue weighted by atomic mass is 10.1. The molecule has 3 aromatic rings. The first kappa shape index (κ1) is 15.6. The topological polar surface area (TPSA) is 74.5 Å². The summed E-state index contributed by atoms with van der Waals surface area (Å²) in [6, 6.07) is 11.3. The van der Waals surface area contributed by atoms with Crippen LogP contribution in [-0.4, -0.2) is 22.8 Å². The van der Waals surface area contributed by atoms with Crippen molar-refractivity contribution in [3.8, 4) is 16.5 Å². The van der Waals surface area contributed by atoms with E-state index < -0.39 is 12.1 Å². The normalized spacial score (nSPS) is 14.2. The number of benzene rings is 1. The summed E-state index contributed by atoms with van der Waals surface area (Å²) >= 11 is 1.50. The minimum Gasteiger partial charge on any atom is -0.488 e. The molecule has 7 heteroatoms. The smallest absolute Gasteiger partial charge is 0.338 e. The van der Waals surface area contributed by atoms with Gasteiger partial charge in [-0.2, -0.15) is 0 Å². The summed E-state index contributed by atoms with van der Waals surface area (Å²) in [6.45, 7) is 1.87. The quantitative estimate of drug-likeness (QED) is 0.662. The highest BCUT2D eigenvalue weighted by molar-refractivity contribution is 7.13. The molecule has 0 saturated heterocycles. The number of aromatic nitrogens is 2. The van der Waals surface area contributed by atoms with E-state index in [2.05, 4.69) is 10.2 Å². The van der Waals surface area contributed by atoms with Crippen molar-refractivity contribution in [2.75, 3.05) is 6.61 Å². The van der Waals surface area contributed by atoms with Gasteiger partial charge in [0.25, 0.3) is 11.8 Å². The third kappa shape index (κ3) is 3.18. The highest BCUT2D eigenvalue weighted by Gasteiger charge is 2.23. The molecule has 126 valence electrons. The molecule has 0 radical (unpaired) electrons. The second-order valence-corrected chi connectivity index (χ2v) is 6.41. The van der Waals surface area contributed by atoms with E-state index in [9.17, 15) is 4.79 Å². The molecule has 0 fully saturated rings. The van der Waals surface area contributed by atoms with Gasteiger partial charge in [0.2, 0.25) is 0 Å². The van der Waals surface area contributed by atoms with Crippen molar-refractivity contribution in [1.29, 1.82) is 0 Å². The van der Waals surface area contributed by atoms with E-state index in [-0.39, 0.29) is 12.5 Å². The molecule has 4 rings (SSSR count). The summed E-state index contributed by atoms with van der Waals surface area (Å²) in [5.41, 5.74) is 1.30. The largest absolute Gasteiger partial charge is 0.488 e. The van der Waals surface area contributed by atoms with Gasteiger partial charge in [-0.3, -0.25) is 0 Å². The Morgan fingerprint density at radius 3 is 2.96 bits per heavy atom. The third-order valence-corrected chi connectivity index (χ3v) is 4.56. The second kappa shape index (κ2) is 6.52. The number of carbonyl (C=O) groups is 1. The van der Waals surface area contributed by atoms with Crippen molar-refractivity contribution >= 4 is 23.4 Å². The molecular formula is C18H14N2O4S. The molecule has 0 N–H and O–H groups in total. The van der Waals surface area contributed by atoms with Crippen molar-refractivity contribution in [2.45, 2.75) is 13.0 Å². The first-order valence-corrected chi connectivity index (χ1v) is 8.59. The second-order valence-electron chi connectivity index (χ2n) is 5.47. The summed E-state index contributed by atoms with van der Waals surface area (Å²) < 4.78 is 16.6. The van der Waals surface area contributed by atoms with E-state index in [1.165, 1.54) is 11.3 Å². The lowest BCUT2D eigenvalue weighted by molar-refractivity contribution is -0.145. The van der Waals surface area contributed by atoms with Crippen molar-refractivity contribution in [2.24, 2.45) is 0 Å². The van der Waals surface area contributed by atoms with Crippen LogP contribution in [0.2, 0.25) is 0 Å². The number of carbonyl (C=O) groups excluding carboxylic acids is 1. The van der Waals surface area contributed by atoms with Gasteiger partial charge in [-0.25, -0.2) is 4.79 Å². The van der Waals surface area contributed by atoms with Gasteiger partial charge in [0, 0.05) is 5.56 Å². The van der Waals surface area contributed by atoms with E-state index >= 15 is 0 Å². The van der Waals surface area contributed by atoms with Gasteiger partial charge in [0.15, 0.2) is 6.10 Å². The SMILES string of the molecule is C[C@H](OC(=O)C1=Cc2ccccc2OC1)c1nnc(-c2cccs2)o1. The zero-order valence-corrected chi connectivity index (χ0v) is 14.2. The zero-order valence-electron chi connectivity index (χ0n) is 13.3. The maximum absolute atomic E-state index is 12.4. The van der Waals surface area contributed by atoms with Crippen LogP contribution in [0.15, 0.2) is 51.8 Å². The number of hydrogen-bond donors (Lipinski definition) is 0. The molecule has 1 aromatic carbocycles. The Morgan fingerprint density at radius 1 is 1.24 bits per heavy atom. The number of para-hydroxylation sites is 1. The maximum Gasteiger partial charge on any atom is 0.338 e. The predicted octanol–water partition coefficient (Wildman–Crippen LogP) is 3.88. The summed E-state index contributed by atoms with van der Waals surface area (Å²) in [5.74, 6) is 0.971. The molecule has 2 aromatic heterocycles. The van der Waals surface area contributed by atoms with E-state index in [0.29, 0.717) is 11.5 Å². The third-order valence-electron chi connectivity index (χ3n) is 3.70. The minimum absolute atomic E-state index is 0.173. The van der Waals surface area contributed by atoms with E-state index in [1.54, 1.807) is 13.0 Å². The number of fused-ring (bicyclic) bond motifs is 1. The fraction of sp³-hybridized carbons (Fsp3) is 0.167. The summed E-state index contributed by atoms with van der Waals surface area (Å²) in [7, 11) is 0. The van der Waals surface area contributed by atoms with Crippen molar-refractivity contribution < 1.29 is 18.7 Å². The van der Waals surface area contributed by atoms with E-state index in [1.807, 2.05) is 41.8 Å². The van der Waals surface area contributed by atoms with E-state index in [4.69, 9.17) is 13.9 Å². The molecule has 1 aliphatic rings. The molecule has 25 heavy (non-hydrogen) atoms. The van der Waals surface area contributed by atoms with Crippen molar-refractivity contribution in [3.63, 3.8) is 0 Å². The van der Waals surface area contributed by atoms with Crippen LogP contribution >= 0.6 is 11.3 Å². The number of hydrogen-bond acceptors (Lipinski definition) is 7. The minimum atomic E-state index is -0.646. The molecule has 0 spiro atoms. The molecular weight excluding hydrogens is 340 g/mol. The highest BCUT2D eigenvalue weighted by Crippen LogP contribution is 2.28. The van der Waals surface area contributed by atoms with Crippen LogP contribution in [0.5, 0.6) is 5.75 Å². The van der Waals surface area contributed by atoms with Crippen LogP contribution in [0.1, 0.15) is 24.5 Å². The molecule has 0 unspecified atom stereocenters. The fourth-order valence-corrected chi connectivity index (χ4v) is 3.06. The number of ether oxygens (including phenoxy) is 2. The molecule has 3 heterocycles. The highest BCUT2D eigenvalue weighted by atomic mass is 32.1. The molecule has 0 amide bonds. The summed E-state index contributed by atoms with van der Waals surface area (Å²) in [4.78, 5) is 13.2. The maximum atomic E-state index is 12.4. The average Bonchev–Trinajstić information content (AvgIpc) is 3.32. The Bertz CT molecular complexity index is 930. The van der Waals surface area contributed by atoms with Gasteiger partial charge in [-0.15, -0.1) is 21.5 Å². The lowest BCUT2D eigenvalue weighted by Crippen LogP contribution is -2.18. The van der Waals surface area contributed by atoms with Crippen LogP contribution in [0.4, 0.5) is 0 Å². The van der Waals surface area contributed by atoms with Gasteiger partial charge in [-0.1, -0.05) is 24.3 Å². The molecule has 0 aliphatic carbocycles. The first-order chi connectivity index (χ1) is 12.2. The van der Waals surface area contributed by atoms with Crippen LogP contribution in [0, 0.1) is 0 Å². The lowest BCUT2D eigenvalue weighted by Gasteiger charge is -2.18. The Morgan fingerprint density at radius 2 is 2.12 bits per heavy atom. The van der Waals surface area contributed by atoms with E-state index in [0.717, 1.165) is 16.2 Å². The van der Waals surface area contributed by atoms with Gasteiger partial charge in [0.1, 0.15) is 12.4 Å². The average molecular weight is 354 g/mol. The molecule has 1 aliphatic heterocycles. The van der Waals surface area contributed by atoms with Crippen LogP contribution in [0.3, 0.4) is 0 Å². The Hall–Kier alpha value is -2.93. The number of rotatable bonds is 4. The standard InChI is InChI=1S/C18H14N2O4S/c1-11(16-19-20-17(24-16)15-7-4-8-25-15)23-18(21)13-9-12-5-2-3-6-14(12)22-10-13/h2-9,11H,10H2,1H3/t11-/m0/s1. The van der Waals surface area contributed by atoms with Crippen LogP contribution in [-0.2, 0) is 9.53 Å². The van der Waals surface area contributed by atoms with Crippen LogP contribution < -0.4 is 4.74 Å². The predicted molar refractivity (Wildman–Crippen MR) is 92.0 cm³/mol. The van der Waals surface area contributed by atoms with Crippen LogP contribution in [0.25, 0.3) is 16.8 Å². The Kier molecular flexibility index (Phi) is 4.07. The zero-order chi connectivity index (χ0) is 17.2. The molecule has 1 atom stereocenters. The van der Waals surface area contributed by atoms with Gasteiger partial charge in [0.05, 0.1) is 10.5 Å². The number of thiophene rings is 1. The summed E-state index contributed by atoms with van der Waals surface area (Å²) in [6.07, 6.45) is 1.13. The number of nitrogens with zero attached hydrogens (tertiary/aromatic N) is 2. The monoisotopic (exact) mass is 354 g/mol. The first-order valence-electron chi connectivity index (χ1n) is 7.71. The Labute approximate surface area is 147 Å². The Balaban J connectivity index is 1.47. The van der Waals surface area contributed by atoms with Crippen molar-refractivity contribution in [3.05, 3.63) is 58.8 Å². The van der Waals surface area contributed by atoms with Crippen molar-refractivity contribution in [1.82, 2.24) is 10.2 Å². The molecule has 0 saturated carbocycles. The van der Waals surface area contributed by atoms with Gasteiger partial charge < -0.3 is 13.9 Å². The fourth-order valence-electron chi connectivity index (χ4n) is 2.42. The number of esters is 1.